The van der Waals surface area contributed by atoms with Crippen LogP contribution in [0.2, 0.25) is 0 Å². The Morgan fingerprint density at radius 2 is 1.17 bits per heavy atom. The van der Waals surface area contributed by atoms with Crippen molar-refractivity contribution >= 4 is 0 Å². The summed E-state index contributed by atoms with van der Waals surface area (Å²) in [4.78, 5) is 5.09. The smallest absolute Gasteiger partial charge is 0.118 e. The van der Waals surface area contributed by atoms with Crippen LogP contribution in [0.3, 0.4) is 0 Å². The third-order valence-electron chi connectivity index (χ3n) is 4.56. The molecule has 1 heterocycles. The van der Waals surface area contributed by atoms with Gasteiger partial charge in [-0.05, 0) is 30.2 Å². The van der Waals surface area contributed by atoms with Crippen molar-refractivity contribution in [3.05, 3.63) is 65.2 Å². The highest BCUT2D eigenvalue weighted by molar-refractivity contribution is 5.27. The second-order valence-corrected chi connectivity index (χ2v) is 6.39. The summed E-state index contributed by atoms with van der Waals surface area (Å²) in [6.07, 6.45) is 0. The molecule has 1 aliphatic heterocycles. The van der Waals surface area contributed by atoms with Gasteiger partial charge in [-0.2, -0.15) is 0 Å². The molecule has 1 saturated heterocycles. The first-order chi connectivity index (χ1) is 11.2. The quantitative estimate of drug-likeness (QED) is 0.842. The second-order valence-electron chi connectivity index (χ2n) is 6.39. The molecule has 1 fully saturated rings. The van der Waals surface area contributed by atoms with Crippen molar-refractivity contribution in [1.82, 2.24) is 9.80 Å². The van der Waals surface area contributed by atoms with Gasteiger partial charge in [-0.3, -0.25) is 9.80 Å². The van der Waals surface area contributed by atoms with E-state index in [-0.39, 0.29) is 0 Å². The SMILES string of the molecule is COc1ccc(CN2CCN(Cc3ccc(C)cc3)CC2)cc1. The summed E-state index contributed by atoms with van der Waals surface area (Å²) in [5.74, 6) is 0.927. The molecule has 0 unspecified atom stereocenters. The lowest BCUT2D eigenvalue weighted by atomic mass is 10.1. The van der Waals surface area contributed by atoms with Crippen LogP contribution in [-0.4, -0.2) is 43.1 Å². The van der Waals surface area contributed by atoms with E-state index in [9.17, 15) is 0 Å². The molecule has 1 aliphatic rings. The molecule has 0 saturated carbocycles. The second kappa shape index (κ2) is 7.62. The maximum atomic E-state index is 5.22. The summed E-state index contributed by atoms with van der Waals surface area (Å²) >= 11 is 0. The largest absolute Gasteiger partial charge is 0.497 e. The topological polar surface area (TPSA) is 15.7 Å². The Kier molecular flexibility index (Phi) is 5.31. The number of hydrogen-bond acceptors (Lipinski definition) is 3. The molecular weight excluding hydrogens is 284 g/mol. The van der Waals surface area contributed by atoms with Crippen LogP contribution in [0.4, 0.5) is 0 Å². The highest BCUT2D eigenvalue weighted by Crippen LogP contribution is 2.15. The van der Waals surface area contributed by atoms with Gasteiger partial charge in [-0.1, -0.05) is 42.0 Å². The number of hydrogen-bond donors (Lipinski definition) is 0. The number of rotatable bonds is 5. The first-order valence-electron chi connectivity index (χ1n) is 8.36. The number of methoxy groups -OCH3 is 1. The maximum absolute atomic E-state index is 5.22. The van der Waals surface area contributed by atoms with Gasteiger partial charge in [0.1, 0.15) is 5.75 Å². The molecule has 122 valence electrons. The van der Waals surface area contributed by atoms with Crippen LogP contribution in [0.5, 0.6) is 5.75 Å². The third kappa shape index (κ3) is 4.57. The molecule has 0 spiro atoms. The van der Waals surface area contributed by atoms with Crippen LogP contribution in [0.1, 0.15) is 16.7 Å². The third-order valence-corrected chi connectivity index (χ3v) is 4.56. The Labute approximate surface area is 139 Å². The number of ether oxygens (including phenoxy) is 1. The van der Waals surface area contributed by atoms with Gasteiger partial charge in [-0.15, -0.1) is 0 Å². The molecule has 3 nitrogen and oxygen atoms in total. The Hall–Kier alpha value is -1.84. The fourth-order valence-electron chi connectivity index (χ4n) is 3.05. The molecule has 0 radical (unpaired) electrons. The van der Waals surface area contributed by atoms with E-state index < -0.39 is 0 Å². The van der Waals surface area contributed by atoms with Crippen molar-refractivity contribution < 1.29 is 4.74 Å². The fourth-order valence-corrected chi connectivity index (χ4v) is 3.05. The monoisotopic (exact) mass is 310 g/mol. The normalized spacial score (nSPS) is 16.4. The predicted octanol–water partition coefficient (Wildman–Crippen LogP) is 3.32. The average Bonchev–Trinajstić information content (AvgIpc) is 2.59. The molecule has 0 aliphatic carbocycles. The Morgan fingerprint density at radius 1 is 0.739 bits per heavy atom. The summed E-state index contributed by atoms with van der Waals surface area (Å²) < 4.78 is 5.22. The molecule has 3 heteroatoms. The van der Waals surface area contributed by atoms with E-state index >= 15 is 0 Å². The van der Waals surface area contributed by atoms with Crippen molar-refractivity contribution in [2.75, 3.05) is 33.3 Å². The Balaban J connectivity index is 1.47. The van der Waals surface area contributed by atoms with Crippen molar-refractivity contribution in [2.45, 2.75) is 20.0 Å². The summed E-state index contributed by atoms with van der Waals surface area (Å²) in [5, 5.41) is 0. The summed E-state index contributed by atoms with van der Waals surface area (Å²) in [5.41, 5.74) is 4.11. The van der Waals surface area contributed by atoms with Crippen LogP contribution in [0.15, 0.2) is 48.5 Å². The number of aryl methyl sites for hydroxylation is 1. The van der Waals surface area contributed by atoms with Gasteiger partial charge in [0.2, 0.25) is 0 Å². The molecule has 0 bridgehead atoms. The van der Waals surface area contributed by atoms with E-state index in [1.165, 1.54) is 16.7 Å². The summed E-state index contributed by atoms with van der Waals surface area (Å²) in [7, 11) is 1.71. The molecule has 0 amide bonds. The molecule has 23 heavy (non-hydrogen) atoms. The molecule has 3 rings (SSSR count). The minimum absolute atomic E-state index is 0.927. The number of benzene rings is 2. The van der Waals surface area contributed by atoms with Gasteiger partial charge in [-0.25, -0.2) is 0 Å². The van der Waals surface area contributed by atoms with Gasteiger partial charge in [0.15, 0.2) is 0 Å². The predicted molar refractivity (Wildman–Crippen MR) is 94.7 cm³/mol. The van der Waals surface area contributed by atoms with Gasteiger partial charge >= 0.3 is 0 Å². The molecule has 0 atom stereocenters. The van der Waals surface area contributed by atoms with E-state index in [0.29, 0.717) is 0 Å². The fraction of sp³-hybridized carbons (Fsp3) is 0.400. The van der Waals surface area contributed by atoms with Crippen molar-refractivity contribution in [1.29, 1.82) is 0 Å². The van der Waals surface area contributed by atoms with E-state index in [1.54, 1.807) is 7.11 Å². The van der Waals surface area contributed by atoms with Crippen LogP contribution in [0, 0.1) is 6.92 Å². The van der Waals surface area contributed by atoms with Crippen molar-refractivity contribution in [2.24, 2.45) is 0 Å². The van der Waals surface area contributed by atoms with Gasteiger partial charge in [0.25, 0.3) is 0 Å². The van der Waals surface area contributed by atoms with Gasteiger partial charge in [0.05, 0.1) is 7.11 Å². The van der Waals surface area contributed by atoms with Crippen LogP contribution >= 0.6 is 0 Å². The van der Waals surface area contributed by atoms with Crippen molar-refractivity contribution in [3.8, 4) is 5.75 Å². The maximum Gasteiger partial charge on any atom is 0.118 e. The lowest BCUT2D eigenvalue weighted by Crippen LogP contribution is -2.45. The van der Waals surface area contributed by atoms with E-state index in [1.807, 2.05) is 12.1 Å². The van der Waals surface area contributed by atoms with Crippen molar-refractivity contribution in [3.63, 3.8) is 0 Å². The minimum atomic E-state index is 0.927. The number of piperazine rings is 1. The number of nitrogens with zero attached hydrogens (tertiary/aromatic N) is 2. The highest BCUT2D eigenvalue weighted by Gasteiger charge is 2.17. The Morgan fingerprint density at radius 3 is 1.61 bits per heavy atom. The molecule has 0 N–H and O–H groups in total. The van der Waals surface area contributed by atoms with Crippen LogP contribution < -0.4 is 4.74 Å². The van der Waals surface area contributed by atoms with E-state index in [2.05, 4.69) is 53.1 Å². The standard InChI is InChI=1S/C20H26N2O/c1-17-3-5-18(6-4-17)15-21-11-13-22(14-12-21)16-19-7-9-20(23-2)10-8-19/h3-10H,11-16H2,1-2H3. The lowest BCUT2D eigenvalue weighted by Gasteiger charge is -2.34. The zero-order valence-electron chi connectivity index (χ0n) is 14.2. The molecule has 0 aromatic heterocycles. The zero-order chi connectivity index (χ0) is 16.1. The lowest BCUT2D eigenvalue weighted by molar-refractivity contribution is 0.122. The molecular formula is C20H26N2O. The summed E-state index contributed by atoms with van der Waals surface area (Å²) in [6.45, 7) is 8.80. The first kappa shape index (κ1) is 16.0. The minimum Gasteiger partial charge on any atom is -0.497 e. The Bertz CT molecular complexity index is 599. The van der Waals surface area contributed by atoms with Crippen LogP contribution in [0.25, 0.3) is 0 Å². The first-order valence-corrected chi connectivity index (χ1v) is 8.36. The molecule has 2 aromatic rings. The average molecular weight is 310 g/mol. The van der Waals surface area contributed by atoms with E-state index in [0.717, 1.165) is 45.0 Å². The molecule has 2 aromatic carbocycles. The highest BCUT2D eigenvalue weighted by atomic mass is 16.5. The van der Waals surface area contributed by atoms with Gasteiger partial charge < -0.3 is 4.74 Å². The van der Waals surface area contributed by atoms with Gasteiger partial charge in [0, 0.05) is 39.3 Å². The van der Waals surface area contributed by atoms with E-state index in [4.69, 9.17) is 4.74 Å². The van der Waals surface area contributed by atoms with Crippen LogP contribution in [-0.2, 0) is 13.1 Å². The summed E-state index contributed by atoms with van der Waals surface area (Å²) in [6, 6.07) is 17.3. The zero-order valence-corrected chi connectivity index (χ0v) is 14.2.